The molecule has 0 heterocycles. The highest BCUT2D eigenvalue weighted by Crippen LogP contribution is 2.69. The summed E-state index contributed by atoms with van der Waals surface area (Å²) < 4.78 is 0.0470. The van der Waals surface area contributed by atoms with E-state index in [-0.39, 0.29) is 15.6 Å². The lowest BCUT2D eigenvalue weighted by atomic mass is 9.40. The molecule has 0 aromatic carbocycles. The Labute approximate surface area is 154 Å². The molecule has 4 atom stereocenters. The summed E-state index contributed by atoms with van der Waals surface area (Å²) in [4.78, 5) is 0. The maximum absolute atomic E-state index is 5.22. The summed E-state index contributed by atoms with van der Waals surface area (Å²) in [5.74, 6) is 0. The molecule has 0 spiro atoms. The molecule has 0 aliphatic rings. The van der Waals surface area contributed by atoms with Crippen LogP contribution in [0.15, 0.2) is 0 Å². The van der Waals surface area contributed by atoms with Crippen molar-refractivity contribution in [1.29, 1.82) is 0 Å². The molecule has 0 aromatic heterocycles. The first-order valence-corrected chi connectivity index (χ1v) is 10.5. The molecular weight excluding hydrogens is 296 g/mol. The Balaban J connectivity index is 6.59. The highest BCUT2D eigenvalue weighted by atomic mass is 32.1. The van der Waals surface area contributed by atoms with Crippen LogP contribution >= 0.6 is 12.6 Å². The Hall–Kier alpha value is 0.350. The normalized spacial score (nSPS) is 23.5. The maximum Gasteiger partial charge on any atom is 0.0158 e. The van der Waals surface area contributed by atoms with Crippen LogP contribution in [0.3, 0.4) is 0 Å². The fraction of sp³-hybridized carbons (Fsp3) is 1.00. The molecule has 0 saturated heterocycles. The summed E-state index contributed by atoms with van der Waals surface area (Å²) in [6, 6.07) is 0. The molecule has 0 rings (SSSR count). The second-order valence-electron chi connectivity index (χ2n) is 8.95. The van der Waals surface area contributed by atoms with E-state index in [1.165, 1.54) is 32.1 Å². The molecule has 0 amide bonds. The number of thiol groups is 1. The van der Waals surface area contributed by atoms with Crippen molar-refractivity contribution in [3.63, 3.8) is 0 Å². The van der Waals surface area contributed by atoms with E-state index in [0.29, 0.717) is 10.8 Å². The minimum Gasteiger partial charge on any atom is -0.172 e. The lowest BCUT2D eigenvalue weighted by molar-refractivity contribution is -0.153. The van der Waals surface area contributed by atoms with Crippen LogP contribution in [0.2, 0.25) is 0 Å². The molecule has 0 radical (unpaired) electrons. The molecule has 23 heavy (non-hydrogen) atoms. The number of hydrogen-bond donors (Lipinski definition) is 1. The highest BCUT2D eigenvalue weighted by Gasteiger charge is 2.62. The van der Waals surface area contributed by atoms with Crippen molar-refractivity contribution in [3.8, 4) is 0 Å². The van der Waals surface area contributed by atoms with Gasteiger partial charge in [0, 0.05) is 4.75 Å². The number of hydrogen-bond acceptors (Lipinski definition) is 1. The molecule has 0 saturated carbocycles. The van der Waals surface area contributed by atoms with Crippen LogP contribution in [0.1, 0.15) is 115 Å². The Morgan fingerprint density at radius 1 is 0.478 bits per heavy atom. The van der Waals surface area contributed by atoms with Gasteiger partial charge in [-0.25, -0.2) is 0 Å². The first-order valence-electron chi connectivity index (χ1n) is 10.1. The van der Waals surface area contributed by atoms with Gasteiger partial charge in [0.25, 0.3) is 0 Å². The summed E-state index contributed by atoms with van der Waals surface area (Å²) in [6.07, 6.45) is 7.25. The van der Waals surface area contributed by atoms with Crippen molar-refractivity contribution in [2.45, 2.75) is 119 Å². The fourth-order valence-corrected chi connectivity index (χ4v) is 6.06. The first kappa shape index (κ1) is 23.4. The van der Waals surface area contributed by atoms with E-state index in [9.17, 15) is 0 Å². The van der Waals surface area contributed by atoms with Crippen LogP contribution in [-0.4, -0.2) is 4.75 Å². The Morgan fingerprint density at radius 3 is 1.04 bits per heavy atom. The van der Waals surface area contributed by atoms with Crippen molar-refractivity contribution in [2.24, 2.45) is 21.7 Å². The summed E-state index contributed by atoms with van der Waals surface area (Å²) in [5, 5.41) is 0. The highest BCUT2D eigenvalue weighted by molar-refractivity contribution is 7.81. The van der Waals surface area contributed by atoms with Crippen LogP contribution in [0, 0.1) is 21.7 Å². The molecule has 0 nitrogen and oxygen atoms in total. The zero-order chi connectivity index (χ0) is 18.7. The van der Waals surface area contributed by atoms with Crippen molar-refractivity contribution in [2.75, 3.05) is 0 Å². The SMILES string of the molecule is CCC(C)(S)C(C)(CC)C(C)(CC)C(C)(CC)C(C)(CC)CC. The van der Waals surface area contributed by atoms with Gasteiger partial charge in [0.1, 0.15) is 0 Å². The third-order valence-corrected chi connectivity index (χ3v) is 10.1. The van der Waals surface area contributed by atoms with Crippen LogP contribution in [-0.2, 0) is 0 Å². The second kappa shape index (κ2) is 7.71. The maximum atomic E-state index is 5.22. The lowest BCUT2D eigenvalue weighted by Gasteiger charge is -2.66. The summed E-state index contributed by atoms with van der Waals surface area (Å²) in [5.41, 5.74) is 1.10. The van der Waals surface area contributed by atoms with Gasteiger partial charge >= 0.3 is 0 Å². The standard InChI is InChI=1S/C22H46S/c1-12-18(7,13-2)19(8,14-3)20(9,15-4)21(10,16-5)22(11,23)17-6/h23H,12-17H2,1-11H3. The Bertz CT molecular complexity index is 368. The van der Waals surface area contributed by atoms with Gasteiger partial charge in [-0.2, -0.15) is 12.6 Å². The fourth-order valence-electron chi connectivity index (χ4n) is 5.66. The zero-order valence-corrected chi connectivity index (χ0v) is 19.1. The van der Waals surface area contributed by atoms with E-state index in [2.05, 4.69) is 76.2 Å². The predicted molar refractivity (Wildman–Crippen MR) is 112 cm³/mol. The largest absolute Gasteiger partial charge is 0.172 e. The topological polar surface area (TPSA) is 0 Å². The summed E-state index contributed by atoms with van der Waals surface area (Å²) in [6.45, 7) is 26.9. The third kappa shape index (κ3) is 3.13. The molecule has 0 aromatic rings. The second-order valence-corrected chi connectivity index (χ2v) is 9.94. The Kier molecular flexibility index (Phi) is 7.83. The van der Waals surface area contributed by atoms with Gasteiger partial charge in [0.05, 0.1) is 0 Å². The van der Waals surface area contributed by atoms with Crippen LogP contribution in [0.5, 0.6) is 0 Å². The van der Waals surface area contributed by atoms with Crippen molar-refractivity contribution in [3.05, 3.63) is 0 Å². The molecule has 1 heteroatoms. The van der Waals surface area contributed by atoms with Gasteiger partial charge in [-0.1, -0.05) is 89.0 Å². The van der Waals surface area contributed by atoms with Gasteiger partial charge in [0.2, 0.25) is 0 Å². The monoisotopic (exact) mass is 342 g/mol. The molecule has 0 fully saturated rings. The van der Waals surface area contributed by atoms with Gasteiger partial charge in [-0.3, -0.25) is 0 Å². The third-order valence-electron chi connectivity index (χ3n) is 9.33. The van der Waals surface area contributed by atoms with Gasteiger partial charge in [-0.15, -0.1) is 0 Å². The smallest absolute Gasteiger partial charge is 0.0158 e. The van der Waals surface area contributed by atoms with Crippen molar-refractivity contribution in [1.82, 2.24) is 0 Å². The summed E-state index contributed by atoms with van der Waals surface area (Å²) >= 11 is 5.22. The van der Waals surface area contributed by atoms with E-state index in [0.717, 1.165) is 6.42 Å². The van der Waals surface area contributed by atoms with Gasteiger partial charge < -0.3 is 0 Å². The molecule has 0 aliphatic heterocycles. The summed E-state index contributed by atoms with van der Waals surface area (Å²) in [7, 11) is 0. The predicted octanol–water partition coefficient (Wildman–Crippen LogP) is 8.16. The van der Waals surface area contributed by atoms with E-state index < -0.39 is 0 Å². The van der Waals surface area contributed by atoms with Crippen molar-refractivity contribution < 1.29 is 0 Å². The molecule has 0 aliphatic carbocycles. The van der Waals surface area contributed by atoms with Crippen LogP contribution in [0.25, 0.3) is 0 Å². The molecule has 0 bridgehead atoms. The molecule has 140 valence electrons. The Morgan fingerprint density at radius 2 is 0.826 bits per heavy atom. The minimum atomic E-state index is 0.0470. The zero-order valence-electron chi connectivity index (χ0n) is 18.2. The van der Waals surface area contributed by atoms with Crippen molar-refractivity contribution >= 4 is 12.6 Å². The van der Waals surface area contributed by atoms with Gasteiger partial charge in [-0.05, 0) is 47.3 Å². The van der Waals surface area contributed by atoms with E-state index >= 15 is 0 Å². The van der Waals surface area contributed by atoms with Crippen LogP contribution < -0.4 is 0 Å². The molecule has 0 N–H and O–H groups in total. The lowest BCUT2D eigenvalue weighted by Crippen LogP contribution is -2.61. The molecular formula is C22H46S. The average Bonchev–Trinajstić information content (AvgIpc) is 2.57. The van der Waals surface area contributed by atoms with E-state index in [4.69, 9.17) is 12.6 Å². The molecule has 4 unspecified atom stereocenters. The average molecular weight is 343 g/mol. The quantitative estimate of drug-likeness (QED) is 0.380. The van der Waals surface area contributed by atoms with Crippen LogP contribution in [0.4, 0.5) is 0 Å². The van der Waals surface area contributed by atoms with E-state index in [1.54, 1.807) is 0 Å². The van der Waals surface area contributed by atoms with Gasteiger partial charge in [0.15, 0.2) is 0 Å². The number of rotatable bonds is 10. The van der Waals surface area contributed by atoms with E-state index in [1.807, 2.05) is 0 Å². The minimum absolute atomic E-state index is 0.0470. The first-order chi connectivity index (χ1) is 10.4.